The Morgan fingerprint density at radius 2 is 1.88 bits per heavy atom. The van der Waals surface area contributed by atoms with Crippen molar-refractivity contribution in [3.63, 3.8) is 0 Å². The molecule has 1 aliphatic rings. The van der Waals surface area contributed by atoms with Crippen molar-refractivity contribution in [1.29, 1.82) is 0 Å². The van der Waals surface area contributed by atoms with Gasteiger partial charge in [-0.1, -0.05) is 36.1 Å². The molecule has 0 atom stereocenters. The van der Waals surface area contributed by atoms with Crippen LogP contribution >= 0.6 is 0 Å². The number of aryl methyl sites for hydroxylation is 2. The van der Waals surface area contributed by atoms with E-state index < -0.39 is 0 Å². The Labute approximate surface area is 146 Å². The summed E-state index contributed by atoms with van der Waals surface area (Å²) < 4.78 is 1.74. The Morgan fingerprint density at radius 3 is 2.68 bits per heavy atom. The van der Waals surface area contributed by atoms with Crippen molar-refractivity contribution < 1.29 is 0 Å². The maximum Gasteiger partial charge on any atom is 0.261 e. The minimum atomic E-state index is 0.0130. The van der Waals surface area contributed by atoms with E-state index in [2.05, 4.69) is 37.5 Å². The SMILES string of the molecule is C=C1CCc2nc3cc(C#Cc4cccc(C)c4)ccc3c(=O)n2C1. The molecule has 0 spiro atoms. The molecule has 0 bridgehead atoms. The summed E-state index contributed by atoms with van der Waals surface area (Å²) >= 11 is 0. The molecule has 3 nitrogen and oxygen atoms in total. The predicted molar refractivity (Wildman–Crippen MR) is 101 cm³/mol. The van der Waals surface area contributed by atoms with E-state index in [4.69, 9.17) is 4.98 Å². The van der Waals surface area contributed by atoms with E-state index in [-0.39, 0.29) is 5.56 Å². The highest BCUT2D eigenvalue weighted by Crippen LogP contribution is 2.18. The fourth-order valence-corrected chi connectivity index (χ4v) is 3.16. The first-order valence-corrected chi connectivity index (χ1v) is 8.39. The van der Waals surface area contributed by atoms with Crippen LogP contribution in [0.1, 0.15) is 28.9 Å². The second-order valence-electron chi connectivity index (χ2n) is 6.52. The Balaban J connectivity index is 1.78. The van der Waals surface area contributed by atoms with Gasteiger partial charge in [-0.25, -0.2) is 4.98 Å². The molecule has 0 saturated carbocycles. The van der Waals surface area contributed by atoms with Gasteiger partial charge in [0.05, 0.1) is 10.9 Å². The topological polar surface area (TPSA) is 34.9 Å². The van der Waals surface area contributed by atoms with Gasteiger partial charge in [-0.3, -0.25) is 9.36 Å². The van der Waals surface area contributed by atoms with Crippen molar-refractivity contribution in [2.45, 2.75) is 26.3 Å². The molecule has 2 aromatic carbocycles. The highest BCUT2D eigenvalue weighted by molar-refractivity contribution is 5.79. The number of benzene rings is 2. The van der Waals surface area contributed by atoms with Crippen molar-refractivity contribution in [3.8, 4) is 11.8 Å². The van der Waals surface area contributed by atoms with Gasteiger partial charge in [0, 0.05) is 24.1 Å². The molecule has 0 N–H and O–H groups in total. The van der Waals surface area contributed by atoms with E-state index in [1.807, 2.05) is 30.3 Å². The summed E-state index contributed by atoms with van der Waals surface area (Å²) in [6, 6.07) is 13.7. The monoisotopic (exact) mass is 326 g/mol. The smallest absolute Gasteiger partial charge is 0.261 e. The number of aromatic nitrogens is 2. The summed E-state index contributed by atoms with van der Waals surface area (Å²) in [6.45, 7) is 6.63. The van der Waals surface area contributed by atoms with E-state index >= 15 is 0 Å². The van der Waals surface area contributed by atoms with Crippen molar-refractivity contribution in [3.05, 3.63) is 87.5 Å². The Morgan fingerprint density at radius 1 is 1.08 bits per heavy atom. The lowest BCUT2D eigenvalue weighted by molar-refractivity contribution is 0.598. The van der Waals surface area contributed by atoms with Crippen LogP contribution in [0.2, 0.25) is 0 Å². The lowest BCUT2D eigenvalue weighted by Gasteiger charge is -2.19. The minimum Gasteiger partial charge on any atom is -0.292 e. The maximum atomic E-state index is 12.7. The van der Waals surface area contributed by atoms with Crippen LogP contribution in [0.15, 0.2) is 59.4 Å². The third-order valence-electron chi connectivity index (χ3n) is 4.49. The Kier molecular flexibility index (Phi) is 3.74. The molecule has 122 valence electrons. The molecule has 0 amide bonds. The van der Waals surface area contributed by atoms with Crippen molar-refractivity contribution >= 4 is 10.9 Å². The molecule has 0 radical (unpaired) electrons. The summed E-state index contributed by atoms with van der Waals surface area (Å²) in [4.78, 5) is 17.4. The highest BCUT2D eigenvalue weighted by Gasteiger charge is 2.16. The van der Waals surface area contributed by atoms with Crippen LogP contribution < -0.4 is 5.56 Å². The van der Waals surface area contributed by atoms with Gasteiger partial charge in [-0.15, -0.1) is 0 Å². The molecule has 1 aliphatic heterocycles. The van der Waals surface area contributed by atoms with Crippen LogP contribution in [-0.2, 0) is 13.0 Å². The van der Waals surface area contributed by atoms with E-state index in [1.165, 1.54) is 5.56 Å². The second-order valence-corrected chi connectivity index (χ2v) is 6.52. The van der Waals surface area contributed by atoms with Gasteiger partial charge < -0.3 is 0 Å². The molecule has 3 aromatic rings. The zero-order chi connectivity index (χ0) is 17.4. The van der Waals surface area contributed by atoms with E-state index in [9.17, 15) is 4.79 Å². The molecular weight excluding hydrogens is 308 g/mol. The normalized spacial score (nSPS) is 13.2. The van der Waals surface area contributed by atoms with Crippen LogP contribution in [0.5, 0.6) is 0 Å². The van der Waals surface area contributed by atoms with Gasteiger partial charge >= 0.3 is 0 Å². The number of fused-ring (bicyclic) bond motifs is 2. The van der Waals surface area contributed by atoms with Crippen LogP contribution in [0.25, 0.3) is 10.9 Å². The van der Waals surface area contributed by atoms with Gasteiger partial charge in [0.15, 0.2) is 0 Å². The van der Waals surface area contributed by atoms with Crippen molar-refractivity contribution in [2.24, 2.45) is 0 Å². The maximum absolute atomic E-state index is 12.7. The van der Waals surface area contributed by atoms with Crippen LogP contribution in [-0.4, -0.2) is 9.55 Å². The number of rotatable bonds is 0. The number of allylic oxidation sites excluding steroid dienone is 1. The highest BCUT2D eigenvalue weighted by atomic mass is 16.1. The van der Waals surface area contributed by atoms with Crippen molar-refractivity contribution in [2.75, 3.05) is 0 Å². The molecular formula is C22H18N2O. The number of hydrogen-bond acceptors (Lipinski definition) is 2. The fraction of sp³-hybridized carbons (Fsp3) is 0.182. The lowest BCUT2D eigenvalue weighted by atomic mass is 10.1. The van der Waals surface area contributed by atoms with Crippen LogP contribution in [0.4, 0.5) is 0 Å². The van der Waals surface area contributed by atoms with E-state index in [1.54, 1.807) is 4.57 Å². The molecule has 3 heteroatoms. The van der Waals surface area contributed by atoms with Gasteiger partial charge in [-0.2, -0.15) is 0 Å². The molecule has 25 heavy (non-hydrogen) atoms. The van der Waals surface area contributed by atoms with E-state index in [0.29, 0.717) is 11.9 Å². The second kappa shape index (κ2) is 6.07. The minimum absolute atomic E-state index is 0.0130. The average Bonchev–Trinajstić information content (AvgIpc) is 2.61. The molecule has 0 aliphatic carbocycles. The summed E-state index contributed by atoms with van der Waals surface area (Å²) in [5.41, 5.74) is 4.85. The molecule has 4 rings (SSSR count). The first-order chi connectivity index (χ1) is 12.1. The summed E-state index contributed by atoms with van der Waals surface area (Å²) in [6.07, 6.45) is 1.66. The first-order valence-electron chi connectivity index (χ1n) is 8.39. The lowest BCUT2D eigenvalue weighted by Crippen LogP contribution is -2.29. The molecule has 0 fully saturated rings. The van der Waals surface area contributed by atoms with Crippen molar-refractivity contribution in [1.82, 2.24) is 9.55 Å². The quantitative estimate of drug-likeness (QED) is 0.467. The zero-order valence-corrected chi connectivity index (χ0v) is 14.2. The van der Waals surface area contributed by atoms with Gasteiger partial charge in [0.1, 0.15) is 5.82 Å². The largest absolute Gasteiger partial charge is 0.292 e. The van der Waals surface area contributed by atoms with Crippen LogP contribution in [0.3, 0.4) is 0 Å². The Bertz CT molecular complexity index is 1130. The molecule has 0 saturated heterocycles. The molecule has 0 unspecified atom stereocenters. The third kappa shape index (κ3) is 2.99. The summed E-state index contributed by atoms with van der Waals surface area (Å²) in [5, 5.41) is 0.638. The van der Waals surface area contributed by atoms with E-state index in [0.717, 1.165) is 40.9 Å². The van der Waals surface area contributed by atoms with Crippen LogP contribution in [0, 0.1) is 18.8 Å². The number of nitrogens with zero attached hydrogens (tertiary/aromatic N) is 2. The molecule has 1 aromatic heterocycles. The third-order valence-corrected chi connectivity index (χ3v) is 4.49. The van der Waals surface area contributed by atoms with Gasteiger partial charge in [0.2, 0.25) is 0 Å². The van der Waals surface area contributed by atoms with Gasteiger partial charge in [0.25, 0.3) is 5.56 Å². The zero-order valence-electron chi connectivity index (χ0n) is 14.2. The fourth-order valence-electron chi connectivity index (χ4n) is 3.16. The number of hydrogen-bond donors (Lipinski definition) is 0. The average molecular weight is 326 g/mol. The molecule has 2 heterocycles. The summed E-state index contributed by atoms with van der Waals surface area (Å²) in [5.74, 6) is 7.19. The summed E-state index contributed by atoms with van der Waals surface area (Å²) in [7, 11) is 0. The Hall–Kier alpha value is -3.12. The standard InChI is InChI=1S/C22H18N2O/c1-15-4-3-5-17(12-15)7-8-18-9-10-19-20(13-18)23-21-11-6-16(2)14-24(21)22(19)25/h3-5,9-10,12-13H,2,6,11,14H2,1H3. The first kappa shape index (κ1) is 15.4. The van der Waals surface area contributed by atoms with Gasteiger partial charge in [-0.05, 0) is 49.2 Å². The predicted octanol–water partition coefficient (Wildman–Crippen LogP) is 3.61.